The van der Waals surface area contributed by atoms with E-state index in [1.165, 1.54) is 7.11 Å². The van der Waals surface area contributed by atoms with E-state index in [0.717, 1.165) is 18.4 Å². The lowest BCUT2D eigenvalue weighted by Gasteiger charge is -2.39. The second kappa shape index (κ2) is 8.26. The van der Waals surface area contributed by atoms with Crippen molar-refractivity contribution < 1.29 is 18.3 Å². The molecule has 1 N–H and O–H groups in total. The third kappa shape index (κ3) is 3.70. The smallest absolute Gasteiger partial charge is 0.179 e. The number of ether oxygens (including phenoxy) is 1. The van der Waals surface area contributed by atoms with Gasteiger partial charge in [-0.25, -0.2) is 8.42 Å². The van der Waals surface area contributed by atoms with Crippen molar-refractivity contribution in [3.8, 4) is 5.75 Å². The Kier molecular flexibility index (Phi) is 6.15. The summed E-state index contributed by atoms with van der Waals surface area (Å²) >= 11 is 0. The first kappa shape index (κ1) is 20.9. The molecular formula is C23H30O4S. The fourth-order valence-corrected chi connectivity index (χ4v) is 6.77. The highest BCUT2D eigenvalue weighted by molar-refractivity contribution is 7.91. The summed E-state index contributed by atoms with van der Waals surface area (Å²) in [6.45, 7) is 4.09. The van der Waals surface area contributed by atoms with Crippen LogP contribution in [0.15, 0.2) is 53.4 Å². The van der Waals surface area contributed by atoms with E-state index < -0.39 is 27.3 Å². The van der Waals surface area contributed by atoms with Crippen LogP contribution in [0.1, 0.15) is 56.6 Å². The van der Waals surface area contributed by atoms with E-state index in [1.54, 1.807) is 18.2 Å². The van der Waals surface area contributed by atoms with Gasteiger partial charge in [0, 0.05) is 11.3 Å². The monoisotopic (exact) mass is 402 g/mol. The molecular weight excluding hydrogens is 372 g/mol. The van der Waals surface area contributed by atoms with Gasteiger partial charge in [-0.2, -0.15) is 0 Å². The molecule has 0 spiro atoms. The van der Waals surface area contributed by atoms with Crippen LogP contribution in [0.5, 0.6) is 5.75 Å². The molecule has 3 atom stereocenters. The van der Waals surface area contributed by atoms with Crippen molar-refractivity contribution in [2.24, 2.45) is 5.41 Å². The van der Waals surface area contributed by atoms with Crippen LogP contribution in [0.3, 0.4) is 0 Å². The minimum atomic E-state index is -3.58. The topological polar surface area (TPSA) is 63.6 Å². The lowest BCUT2D eigenvalue weighted by molar-refractivity contribution is 0.0174. The molecule has 0 unspecified atom stereocenters. The molecule has 0 saturated heterocycles. The molecule has 0 aliphatic carbocycles. The summed E-state index contributed by atoms with van der Waals surface area (Å²) in [7, 11) is -2.04. The van der Waals surface area contributed by atoms with Crippen molar-refractivity contribution >= 4 is 9.84 Å². The molecule has 0 fully saturated rings. The molecule has 1 heterocycles. The lowest BCUT2D eigenvalue weighted by atomic mass is 9.69. The average molecular weight is 403 g/mol. The first-order valence-electron chi connectivity index (χ1n) is 10.0. The molecule has 1 aliphatic rings. The predicted molar refractivity (Wildman–Crippen MR) is 112 cm³/mol. The van der Waals surface area contributed by atoms with E-state index in [9.17, 15) is 13.5 Å². The maximum absolute atomic E-state index is 13.5. The molecule has 3 rings (SSSR count). The number of benzene rings is 2. The van der Waals surface area contributed by atoms with E-state index in [2.05, 4.69) is 6.92 Å². The minimum absolute atomic E-state index is 0.0405. The van der Waals surface area contributed by atoms with Gasteiger partial charge in [0.25, 0.3) is 0 Å². The van der Waals surface area contributed by atoms with E-state index in [1.807, 2.05) is 37.3 Å². The number of fused-ring (bicyclic) bond motifs is 1. The Morgan fingerprint density at radius 3 is 2.46 bits per heavy atom. The predicted octanol–water partition coefficient (Wildman–Crippen LogP) is 4.56. The summed E-state index contributed by atoms with van der Waals surface area (Å²) in [6, 6.07) is 14.9. The van der Waals surface area contributed by atoms with E-state index in [0.29, 0.717) is 24.2 Å². The highest BCUT2D eigenvalue weighted by Crippen LogP contribution is 2.49. The van der Waals surface area contributed by atoms with Gasteiger partial charge in [0.05, 0.1) is 23.9 Å². The van der Waals surface area contributed by atoms with Gasteiger partial charge in [0.2, 0.25) is 0 Å². The maximum atomic E-state index is 13.5. The molecule has 1 aliphatic heterocycles. The molecule has 0 aromatic heterocycles. The van der Waals surface area contributed by atoms with Crippen molar-refractivity contribution in [3.63, 3.8) is 0 Å². The van der Waals surface area contributed by atoms with Crippen molar-refractivity contribution in [2.45, 2.75) is 56.4 Å². The number of methoxy groups -OCH3 is 1. The first-order chi connectivity index (χ1) is 13.4. The zero-order valence-corrected chi connectivity index (χ0v) is 17.7. The summed E-state index contributed by atoms with van der Waals surface area (Å²) < 4.78 is 32.2. The van der Waals surface area contributed by atoms with Gasteiger partial charge < -0.3 is 9.84 Å². The Balaban J connectivity index is 2.28. The Labute approximate surface area is 168 Å². The molecule has 4 nitrogen and oxygen atoms in total. The Hall–Kier alpha value is -1.85. The second-order valence-corrected chi connectivity index (χ2v) is 9.77. The summed E-state index contributed by atoms with van der Waals surface area (Å²) in [4.78, 5) is 0.284. The molecule has 5 heteroatoms. The van der Waals surface area contributed by atoms with Crippen molar-refractivity contribution in [1.29, 1.82) is 0 Å². The molecule has 28 heavy (non-hydrogen) atoms. The van der Waals surface area contributed by atoms with Crippen LogP contribution >= 0.6 is 0 Å². The number of hydrogen-bond donors (Lipinski definition) is 1. The minimum Gasteiger partial charge on any atom is -0.497 e. The summed E-state index contributed by atoms with van der Waals surface area (Å²) in [6.07, 6.45) is 2.37. The molecule has 0 saturated carbocycles. The Morgan fingerprint density at radius 1 is 1.14 bits per heavy atom. The standard InChI is InChI=1S/C23H30O4S/c1-4-6-14-23(5-2)16-28(25,26)20-15-18(27-3)12-13-19(20)21(22(23)24)17-10-8-7-9-11-17/h7-13,15,21-22,24H,4-6,14,16H2,1-3H3/t21-,22-,23-/m1/s1. The third-order valence-corrected chi connectivity index (χ3v) is 8.18. The van der Waals surface area contributed by atoms with Crippen molar-refractivity contribution in [2.75, 3.05) is 12.9 Å². The number of hydrogen-bond acceptors (Lipinski definition) is 4. The molecule has 152 valence electrons. The molecule has 0 bridgehead atoms. The maximum Gasteiger partial charge on any atom is 0.179 e. The van der Waals surface area contributed by atoms with Crippen LogP contribution in [0.2, 0.25) is 0 Å². The highest BCUT2D eigenvalue weighted by atomic mass is 32.2. The van der Waals surface area contributed by atoms with Gasteiger partial charge in [-0.1, -0.05) is 63.1 Å². The SMILES string of the molecule is CCCC[C@]1(CC)CS(=O)(=O)c2cc(OC)ccc2[C@@H](c2ccccc2)[C@H]1O. The molecule has 2 aromatic rings. The zero-order valence-electron chi connectivity index (χ0n) is 16.9. The van der Waals surface area contributed by atoms with E-state index in [-0.39, 0.29) is 10.6 Å². The van der Waals surface area contributed by atoms with Crippen LogP contribution in [-0.4, -0.2) is 32.5 Å². The van der Waals surface area contributed by atoms with Crippen LogP contribution in [0, 0.1) is 5.41 Å². The van der Waals surface area contributed by atoms with E-state index >= 15 is 0 Å². The van der Waals surface area contributed by atoms with Gasteiger partial charge in [-0.3, -0.25) is 0 Å². The fraction of sp³-hybridized carbons (Fsp3) is 0.478. The first-order valence-corrected chi connectivity index (χ1v) is 11.7. The molecule has 0 amide bonds. The van der Waals surface area contributed by atoms with Gasteiger partial charge in [0.15, 0.2) is 9.84 Å². The zero-order chi connectivity index (χ0) is 20.4. The van der Waals surface area contributed by atoms with Crippen LogP contribution in [0.4, 0.5) is 0 Å². The summed E-state index contributed by atoms with van der Waals surface area (Å²) in [5.41, 5.74) is 0.917. The Morgan fingerprint density at radius 2 is 1.86 bits per heavy atom. The number of aliphatic hydroxyl groups excluding tert-OH is 1. The lowest BCUT2D eigenvalue weighted by Crippen LogP contribution is -2.42. The van der Waals surface area contributed by atoms with Gasteiger partial charge in [0.1, 0.15) is 5.75 Å². The molecule has 0 radical (unpaired) electrons. The summed E-state index contributed by atoms with van der Waals surface area (Å²) in [5, 5.41) is 11.6. The van der Waals surface area contributed by atoms with Gasteiger partial charge >= 0.3 is 0 Å². The largest absolute Gasteiger partial charge is 0.497 e. The number of unbranched alkanes of at least 4 members (excludes halogenated alkanes) is 1. The Bertz CT molecular complexity index is 907. The normalized spacial score (nSPS) is 26.3. The van der Waals surface area contributed by atoms with Crippen molar-refractivity contribution in [1.82, 2.24) is 0 Å². The van der Waals surface area contributed by atoms with Crippen LogP contribution in [0.25, 0.3) is 0 Å². The van der Waals surface area contributed by atoms with Crippen LogP contribution in [-0.2, 0) is 9.84 Å². The average Bonchev–Trinajstić information content (AvgIpc) is 2.78. The summed E-state index contributed by atoms with van der Waals surface area (Å²) in [5.74, 6) is 0.0821. The van der Waals surface area contributed by atoms with Crippen LogP contribution < -0.4 is 4.74 Å². The number of sulfone groups is 1. The number of rotatable bonds is 6. The van der Waals surface area contributed by atoms with Gasteiger partial charge in [-0.05, 0) is 36.1 Å². The number of aliphatic hydroxyl groups is 1. The van der Waals surface area contributed by atoms with Gasteiger partial charge in [-0.15, -0.1) is 0 Å². The quantitative estimate of drug-likeness (QED) is 0.769. The third-order valence-electron chi connectivity index (χ3n) is 6.20. The molecule has 2 aromatic carbocycles. The highest BCUT2D eigenvalue weighted by Gasteiger charge is 2.48. The van der Waals surface area contributed by atoms with E-state index in [4.69, 9.17) is 4.74 Å². The van der Waals surface area contributed by atoms with Crippen molar-refractivity contribution in [3.05, 3.63) is 59.7 Å². The fourth-order valence-electron chi connectivity index (χ4n) is 4.49. The second-order valence-electron chi connectivity index (χ2n) is 7.82.